The molecule has 2 heteroatoms. The zero-order valence-corrected chi connectivity index (χ0v) is 20.2. The summed E-state index contributed by atoms with van der Waals surface area (Å²) in [6.07, 6.45) is 7.34. The maximum absolute atomic E-state index is 2.73. The molecule has 0 saturated carbocycles. The normalized spacial score (nSPS) is 19.2. The van der Waals surface area contributed by atoms with Crippen LogP contribution in [-0.4, -0.2) is 0 Å². The smallest absolute Gasteiger partial charge is 0.134 e. The Morgan fingerprint density at radius 2 is 1.28 bits per heavy atom. The molecule has 0 bridgehead atoms. The molecule has 3 aliphatic heterocycles. The Morgan fingerprint density at radius 3 is 2.17 bits per heavy atom. The van der Waals surface area contributed by atoms with Gasteiger partial charge < -0.3 is 0 Å². The minimum atomic E-state index is -0.289. The maximum atomic E-state index is 2.73. The van der Waals surface area contributed by atoms with Crippen LogP contribution < -0.4 is 9.13 Å². The van der Waals surface area contributed by atoms with Crippen LogP contribution in [0.1, 0.15) is 56.0 Å². The highest BCUT2D eigenvalue weighted by atomic mass is 15.3. The monoisotopic (exact) mass is 462 g/mol. The van der Waals surface area contributed by atoms with Gasteiger partial charge in [-0.05, 0) is 57.0 Å². The molecular formula is C34H26N2+2. The van der Waals surface area contributed by atoms with Crippen LogP contribution in [0.15, 0.2) is 97.2 Å². The molecule has 0 radical (unpaired) electrons. The van der Waals surface area contributed by atoms with Crippen molar-refractivity contribution in [3.8, 4) is 11.1 Å². The lowest BCUT2D eigenvalue weighted by atomic mass is 9.74. The number of hydrogen-bond donors (Lipinski definition) is 0. The Labute approximate surface area is 211 Å². The Balaban J connectivity index is 1.48. The zero-order chi connectivity index (χ0) is 23.4. The van der Waals surface area contributed by atoms with Crippen molar-refractivity contribution in [2.75, 3.05) is 0 Å². The molecule has 0 amide bonds. The van der Waals surface area contributed by atoms with Gasteiger partial charge in [0.25, 0.3) is 0 Å². The van der Waals surface area contributed by atoms with Crippen molar-refractivity contribution < 1.29 is 9.13 Å². The summed E-state index contributed by atoms with van der Waals surface area (Å²) < 4.78 is 5.36. The maximum Gasteiger partial charge on any atom is 0.393 e. The van der Waals surface area contributed by atoms with Gasteiger partial charge >= 0.3 is 5.66 Å². The molecule has 3 aromatic carbocycles. The molecule has 36 heavy (non-hydrogen) atoms. The molecule has 0 fully saturated rings. The van der Waals surface area contributed by atoms with Crippen molar-refractivity contribution in [3.63, 3.8) is 0 Å². The second-order valence-corrected chi connectivity index (χ2v) is 11.0. The predicted molar refractivity (Wildman–Crippen MR) is 139 cm³/mol. The van der Waals surface area contributed by atoms with E-state index in [0.717, 1.165) is 32.1 Å². The van der Waals surface area contributed by atoms with E-state index in [1.54, 1.807) is 11.1 Å². The second kappa shape index (κ2) is 6.59. The van der Waals surface area contributed by atoms with Crippen molar-refractivity contribution >= 4 is 0 Å². The van der Waals surface area contributed by atoms with E-state index in [4.69, 9.17) is 0 Å². The molecular weight excluding hydrogens is 436 g/mol. The largest absolute Gasteiger partial charge is 0.393 e. The number of hydrogen-bond acceptors (Lipinski definition) is 0. The SMILES string of the molecule is c1ccc2c(c1)Cc1cccc3[n+]1[C@]1(C2)c2c(cc4c(c2Cc2cccc[n+]21)-c1ccccc1C4)C3. The molecule has 170 valence electrons. The summed E-state index contributed by atoms with van der Waals surface area (Å²) in [6.45, 7) is 0. The van der Waals surface area contributed by atoms with Crippen molar-refractivity contribution in [2.24, 2.45) is 0 Å². The summed E-state index contributed by atoms with van der Waals surface area (Å²) in [6, 6.07) is 34.6. The van der Waals surface area contributed by atoms with Gasteiger partial charge in [0.2, 0.25) is 0 Å². The van der Waals surface area contributed by atoms with Crippen LogP contribution in [0.5, 0.6) is 0 Å². The van der Waals surface area contributed by atoms with Crippen molar-refractivity contribution in [3.05, 3.63) is 153 Å². The first kappa shape index (κ1) is 19.2. The fourth-order valence-corrected chi connectivity index (χ4v) is 7.95. The number of nitrogens with zero attached hydrogens (tertiary/aromatic N) is 2. The van der Waals surface area contributed by atoms with Crippen LogP contribution in [0, 0.1) is 0 Å². The van der Waals surface area contributed by atoms with Gasteiger partial charge in [0.05, 0.1) is 19.3 Å². The van der Waals surface area contributed by atoms with Crippen molar-refractivity contribution in [2.45, 2.75) is 37.8 Å². The van der Waals surface area contributed by atoms with Crippen LogP contribution in [0.4, 0.5) is 0 Å². The van der Waals surface area contributed by atoms with Crippen LogP contribution in [-0.2, 0) is 37.8 Å². The van der Waals surface area contributed by atoms with E-state index in [1.807, 2.05) is 0 Å². The fourth-order valence-electron chi connectivity index (χ4n) is 7.95. The number of rotatable bonds is 0. The standard InChI is InChI=1S/C34H26N2/c1-2-10-24-21-34-33-26(19-29-13-7-12-28(36(29)34)18-22(24)8-1)17-25-16-23-9-3-4-14-30(23)32(25)31(33)20-27-11-5-6-15-35(27)34/h1-15,17H,16,18-21H2/q+2/t34-/m1/s1. The van der Waals surface area contributed by atoms with Gasteiger partial charge in [0.1, 0.15) is 12.0 Å². The summed E-state index contributed by atoms with van der Waals surface area (Å²) >= 11 is 0. The Kier molecular flexibility index (Phi) is 3.51. The molecule has 2 nitrogen and oxygen atoms in total. The average Bonchev–Trinajstić information content (AvgIpc) is 3.20. The van der Waals surface area contributed by atoms with E-state index in [-0.39, 0.29) is 5.66 Å². The van der Waals surface area contributed by atoms with Gasteiger partial charge in [-0.2, -0.15) is 0 Å². The van der Waals surface area contributed by atoms with E-state index in [0.29, 0.717) is 0 Å². The molecule has 0 saturated heterocycles. The lowest BCUT2D eigenvalue weighted by Crippen LogP contribution is -2.80. The number of benzene rings is 3. The van der Waals surface area contributed by atoms with E-state index < -0.39 is 0 Å². The number of fused-ring (bicyclic) bond motifs is 6. The molecule has 5 heterocycles. The summed E-state index contributed by atoms with van der Waals surface area (Å²) in [5.74, 6) is 0. The first-order chi connectivity index (χ1) is 17.8. The second-order valence-electron chi connectivity index (χ2n) is 11.0. The third-order valence-electron chi connectivity index (χ3n) is 9.18. The van der Waals surface area contributed by atoms with Gasteiger partial charge in [-0.15, -0.1) is 9.13 Å². The van der Waals surface area contributed by atoms with Gasteiger partial charge in [-0.3, -0.25) is 0 Å². The Bertz CT molecular complexity index is 1780. The average molecular weight is 463 g/mol. The summed E-state index contributed by atoms with van der Waals surface area (Å²) in [7, 11) is 0. The van der Waals surface area contributed by atoms with Crippen molar-refractivity contribution in [1.82, 2.24) is 0 Å². The zero-order valence-electron chi connectivity index (χ0n) is 20.2. The molecule has 1 atom stereocenters. The Hall–Kier alpha value is -4.04. The van der Waals surface area contributed by atoms with E-state index in [9.17, 15) is 0 Å². The van der Waals surface area contributed by atoms with Gasteiger partial charge in [-0.1, -0.05) is 60.7 Å². The van der Waals surface area contributed by atoms with Crippen LogP contribution >= 0.6 is 0 Å². The fraction of sp³-hybridized carbons (Fsp3) is 0.176. The summed E-state index contributed by atoms with van der Waals surface area (Å²) in [4.78, 5) is 0. The topological polar surface area (TPSA) is 7.76 Å². The molecule has 0 unspecified atom stereocenters. The van der Waals surface area contributed by atoms with E-state index in [1.165, 1.54) is 56.0 Å². The van der Waals surface area contributed by atoms with E-state index >= 15 is 0 Å². The molecule has 9 rings (SSSR count). The minimum absolute atomic E-state index is 0.289. The van der Waals surface area contributed by atoms with Gasteiger partial charge in [0.15, 0.2) is 23.3 Å². The van der Waals surface area contributed by atoms with Gasteiger partial charge in [0, 0.05) is 24.3 Å². The van der Waals surface area contributed by atoms with Crippen LogP contribution in [0.2, 0.25) is 0 Å². The molecule has 4 aliphatic rings. The first-order valence-corrected chi connectivity index (χ1v) is 13.2. The molecule has 5 aromatic rings. The first-order valence-electron chi connectivity index (χ1n) is 13.2. The van der Waals surface area contributed by atoms with Crippen molar-refractivity contribution in [1.29, 1.82) is 0 Å². The highest BCUT2D eigenvalue weighted by Gasteiger charge is 2.63. The third-order valence-corrected chi connectivity index (χ3v) is 9.18. The van der Waals surface area contributed by atoms with Crippen LogP contribution in [0.25, 0.3) is 11.1 Å². The predicted octanol–water partition coefficient (Wildman–Crippen LogP) is 5.04. The van der Waals surface area contributed by atoms with E-state index in [2.05, 4.69) is 106 Å². The number of pyridine rings is 2. The molecule has 1 spiro atoms. The lowest BCUT2D eigenvalue weighted by Gasteiger charge is -2.36. The molecule has 0 N–H and O–H groups in total. The highest BCUT2D eigenvalue weighted by molar-refractivity contribution is 5.82. The lowest BCUT2D eigenvalue weighted by molar-refractivity contribution is -0.992. The summed E-state index contributed by atoms with van der Waals surface area (Å²) in [5, 5.41) is 0. The molecule has 1 aliphatic carbocycles. The molecule has 2 aromatic heterocycles. The Morgan fingerprint density at radius 1 is 0.556 bits per heavy atom. The summed E-state index contributed by atoms with van der Waals surface area (Å²) in [5.41, 5.74) is 17.5. The minimum Gasteiger partial charge on any atom is -0.134 e. The van der Waals surface area contributed by atoms with Crippen LogP contribution in [0.3, 0.4) is 0 Å². The van der Waals surface area contributed by atoms with Gasteiger partial charge in [-0.25, -0.2) is 0 Å². The third kappa shape index (κ3) is 2.24. The highest BCUT2D eigenvalue weighted by Crippen LogP contribution is 2.48. The number of aromatic nitrogens is 2. The quantitative estimate of drug-likeness (QED) is 0.280.